The van der Waals surface area contributed by atoms with Crippen LogP contribution in [0.3, 0.4) is 0 Å². The second-order valence-electron chi connectivity index (χ2n) is 4.23. The molecule has 0 N–H and O–H groups in total. The number of nitrogens with zero attached hydrogens (tertiary/aromatic N) is 4. The van der Waals surface area contributed by atoms with Gasteiger partial charge in [-0.25, -0.2) is 0 Å². The fraction of sp³-hybridized carbons (Fsp3) is 0.0714. The van der Waals surface area contributed by atoms with Gasteiger partial charge in [0.2, 0.25) is 0 Å². The fourth-order valence-corrected chi connectivity index (χ4v) is 1.93. The van der Waals surface area contributed by atoms with Gasteiger partial charge in [0, 0.05) is 49.0 Å². The van der Waals surface area contributed by atoms with Gasteiger partial charge in [0.1, 0.15) is 0 Å². The predicted octanol–water partition coefficient (Wildman–Crippen LogP) is 1.63. The van der Waals surface area contributed by atoms with E-state index in [0.29, 0.717) is 0 Å². The van der Waals surface area contributed by atoms with Gasteiger partial charge in [0.25, 0.3) is 5.56 Å². The molecule has 5 nitrogen and oxygen atoms in total. The molecule has 0 saturated heterocycles. The Bertz CT molecular complexity index is 758. The van der Waals surface area contributed by atoms with Gasteiger partial charge in [0.15, 0.2) is 0 Å². The third-order valence-electron chi connectivity index (χ3n) is 2.89. The predicted molar refractivity (Wildman–Crippen MR) is 72.0 cm³/mol. The molecule has 0 saturated carbocycles. The largest absolute Gasteiger partial charge is 0.284 e. The highest BCUT2D eigenvalue weighted by atomic mass is 16.1. The number of rotatable bonds is 2. The van der Waals surface area contributed by atoms with Crippen LogP contribution in [0.15, 0.2) is 60.0 Å². The summed E-state index contributed by atoms with van der Waals surface area (Å²) in [6.45, 7) is 0. The van der Waals surface area contributed by atoms with E-state index in [-0.39, 0.29) is 5.56 Å². The molecule has 0 unspecified atom stereocenters. The summed E-state index contributed by atoms with van der Waals surface area (Å²) >= 11 is 0. The Morgan fingerprint density at radius 3 is 2.47 bits per heavy atom. The van der Waals surface area contributed by atoms with E-state index >= 15 is 0 Å². The van der Waals surface area contributed by atoms with Crippen molar-refractivity contribution < 1.29 is 0 Å². The van der Waals surface area contributed by atoms with Crippen molar-refractivity contribution in [2.75, 3.05) is 0 Å². The van der Waals surface area contributed by atoms with Gasteiger partial charge in [-0.05, 0) is 18.2 Å². The molecule has 0 aliphatic carbocycles. The quantitative estimate of drug-likeness (QED) is 0.696. The van der Waals surface area contributed by atoms with Gasteiger partial charge in [-0.2, -0.15) is 5.10 Å². The molecule has 3 heterocycles. The second kappa shape index (κ2) is 4.53. The van der Waals surface area contributed by atoms with Gasteiger partial charge >= 0.3 is 0 Å². The molecule has 0 fully saturated rings. The third kappa shape index (κ3) is 2.18. The van der Waals surface area contributed by atoms with Crippen molar-refractivity contribution in [2.24, 2.45) is 7.05 Å². The Labute approximate surface area is 109 Å². The molecule has 5 heteroatoms. The molecule has 0 radical (unpaired) electrons. The number of pyridine rings is 2. The number of hydrogen-bond donors (Lipinski definition) is 0. The molecular formula is C14H12N4O. The summed E-state index contributed by atoms with van der Waals surface area (Å²) in [6, 6.07) is 6.96. The van der Waals surface area contributed by atoms with Crippen molar-refractivity contribution in [1.29, 1.82) is 0 Å². The van der Waals surface area contributed by atoms with Crippen molar-refractivity contribution in [3.63, 3.8) is 0 Å². The first-order chi connectivity index (χ1) is 9.24. The number of hydrogen-bond acceptors (Lipinski definition) is 3. The summed E-state index contributed by atoms with van der Waals surface area (Å²) in [5.74, 6) is 0. The molecule has 3 aromatic rings. The summed E-state index contributed by atoms with van der Waals surface area (Å²) in [5.41, 5.74) is 2.65. The summed E-state index contributed by atoms with van der Waals surface area (Å²) in [5, 5.41) is 4.14. The topological polar surface area (TPSA) is 52.7 Å². The molecule has 3 rings (SSSR count). The maximum atomic E-state index is 11.9. The number of aryl methyl sites for hydroxylation is 1. The SMILES string of the molecule is Cn1cc(-c2ccc(=O)n(-c3ccncc3)c2)cn1. The zero-order valence-electron chi connectivity index (χ0n) is 10.4. The molecule has 0 amide bonds. The van der Waals surface area contributed by atoms with Crippen molar-refractivity contribution in [3.8, 4) is 16.8 Å². The van der Waals surface area contributed by atoms with E-state index in [4.69, 9.17) is 0 Å². The van der Waals surface area contributed by atoms with Crippen molar-refractivity contribution >= 4 is 0 Å². The minimum Gasteiger partial charge on any atom is -0.284 e. The lowest BCUT2D eigenvalue weighted by Crippen LogP contribution is -2.16. The molecule has 0 atom stereocenters. The second-order valence-corrected chi connectivity index (χ2v) is 4.23. The highest BCUT2D eigenvalue weighted by Gasteiger charge is 2.04. The van der Waals surface area contributed by atoms with E-state index in [1.54, 1.807) is 52.1 Å². The average Bonchev–Trinajstić information content (AvgIpc) is 2.87. The van der Waals surface area contributed by atoms with Crippen LogP contribution < -0.4 is 5.56 Å². The summed E-state index contributed by atoms with van der Waals surface area (Å²) in [4.78, 5) is 15.9. The lowest BCUT2D eigenvalue weighted by atomic mass is 10.1. The Morgan fingerprint density at radius 2 is 1.79 bits per heavy atom. The summed E-state index contributed by atoms with van der Waals surface area (Å²) in [6.07, 6.45) is 8.83. The monoisotopic (exact) mass is 252 g/mol. The molecule has 0 aliphatic rings. The molecule has 3 aromatic heterocycles. The lowest BCUT2D eigenvalue weighted by molar-refractivity contribution is 0.768. The van der Waals surface area contributed by atoms with E-state index in [2.05, 4.69) is 10.1 Å². The fourth-order valence-electron chi connectivity index (χ4n) is 1.93. The van der Waals surface area contributed by atoms with Crippen LogP contribution in [-0.2, 0) is 7.05 Å². The first kappa shape index (κ1) is 11.4. The van der Waals surface area contributed by atoms with Crippen LogP contribution in [-0.4, -0.2) is 19.3 Å². The molecule has 0 spiro atoms. The van der Waals surface area contributed by atoms with E-state index in [1.165, 1.54) is 0 Å². The maximum absolute atomic E-state index is 11.9. The number of aromatic nitrogens is 4. The van der Waals surface area contributed by atoms with Gasteiger partial charge in [-0.1, -0.05) is 0 Å². The van der Waals surface area contributed by atoms with Crippen LogP contribution in [0.25, 0.3) is 16.8 Å². The van der Waals surface area contributed by atoms with Crippen LogP contribution in [0.5, 0.6) is 0 Å². The van der Waals surface area contributed by atoms with Crippen LogP contribution in [0.1, 0.15) is 0 Å². The first-order valence-corrected chi connectivity index (χ1v) is 5.86. The zero-order valence-corrected chi connectivity index (χ0v) is 10.4. The van der Waals surface area contributed by atoms with Crippen LogP contribution >= 0.6 is 0 Å². The van der Waals surface area contributed by atoms with Crippen LogP contribution in [0.2, 0.25) is 0 Å². The summed E-state index contributed by atoms with van der Waals surface area (Å²) in [7, 11) is 1.86. The molecule has 0 aliphatic heterocycles. The Kier molecular flexibility index (Phi) is 2.72. The maximum Gasteiger partial charge on any atom is 0.255 e. The Morgan fingerprint density at radius 1 is 1.00 bits per heavy atom. The molecule has 19 heavy (non-hydrogen) atoms. The van der Waals surface area contributed by atoms with Crippen molar-refractivity contribution in [2.45, 2.75) is 0 Å². The van der Waals surface area contributed by atoms with E-state index < -0.39 is 0 Å². The standard InChI is InChI=1S/C14H12N4O/c1-17-9-12(8-16-17)11-2-3-14(19)18(10-11)13-4-6-15-7-5-13/h2-10H,1H3. The molecule has 0 bridgehead atoms. The molecular weight excluding hydrogens is 240 g/mol. The lowest BCUT2D eigenvalue weighted by Gasteiger charge is -2.06. The van der Waals surface area contributed by atoms with Gasteiger partial charge in [-0.3, -0.25) is 19.0 Å². The van der Waals surface area contributed by atoms with E-state index in [9.17, 15) is 4.79 Å². The average molecular weight is 252 g/mol. The van der Waals surface area contributed by atoms with Gasteiger partial charge in [-0.15, -0.1) is 0 Å². The third-order valence-corrected chi connectivity index (χ3v) is 2.89. The Hall–Kier alpha value is -2.69. The molecule has 94 valence electrons. The zero-order chi connectivity index (χ0) is 13.2. The van der Waals surface area contributed by atoms with Crippen molar-refractivity contribution in [3.05, 3.63) is 65.6 Å². The highest BCUT2D eigenvalue weighted by molar-refractivity contribution is 5.61. The highest BCUT2D eigenvalue weighted by Crippen LogP contribution is 2.17. The van der Waals surface area contributed by atoms with E-state index in [0.717, 1.165) is 16.8 Å². The van der Waals surface area contributed by atoms with E-state index in [1.807, 2.05) is 19.4 Å². The molecule has 0 aromatic carbocycles. The van der Waals surface area contributed by atoms with Gasteiger partial charge < -0.3 is 0 Å². The van der Waals surface area contributed by atoms with Crippen LogP contribution in [0.4, 0.5) is 0 Å². The Balaban J connectivity index is 2.14. The minimum atomic E-state index is -0.0705. The minimum absolute atomic E-state index is 0.0705. The smallest absolute Gasteiger partial charge is 0.255 e. The summed E-state index contributed by atoms with van der Waals surface area (Å²) < 4.78 is 3.33. The van der Waals surface area contributed by atoms with Crippen molar-refractivity contribution in [1.82, 2.24) is 19.3 Å². The van der Waals surface area contributed by atoms with Crippen LogP contribution in [0, 0.1) is 0 Å². The first-order valence-electron chi connectivity index (χ1n) is 5.86. The normalized spacial score (nSPS) is 10.6. The van der Waals surface area contributed by atoms with Gasteiger partial charge in [0.05, 0.1) is 11.9 Å².